The van der Waals surface area contributed by atoms with E-state index in [4.69, 9.17) is 16.3 Å². The lowest BCUT2D eigenvalue weighted by molar-refractivity contribution is 0.0943. The van der Waals surface area contributed by atoms with Crippen molar-refractivity contribution >= 4 is 29.1 Å². The Morgan fingerprint density at radius 1 is 1.17 bits per heavy atom. The molecule has 0 aliphatic heterocycles. The number of carbonyl (C=O) groups excluding carboxylic acids is 2. The summed E-state index contributed by atoms with van der Waals surface area (Å²) < 4.78 is 5.18. The average Bonchev–Trinajstić information content (AvgIpc) is 2.54. The van der Waals surface area contributed by atoms with Crippen LogP contribution in [0.25, 0.3) is 0 Å². The van der Waals surface area contributed by atoms with E-state index in [9.17, 15) is 9.59 Å². The van der Waals surface area contributed by atoms with Crippen LogP contribution in [0.1, 0.15) is 34.7 Å². The average molecular weight is 348 g/mol. The molecule has 0 spiro atoms. The number of amides is 2. The van der Waals surface area contributed by atoms with Crippen molar-refractivity contribution in [2.24, 2.45) is 0 Å². The molecule has 1 heterocycles. The van der Waals surface area contributed by atoms with Gasteiger partial charge in [-0.1, -0.05) is 11.6 Å². The number of aromatic nitrogens is 1. The van der Waals surface area contributed by atoms with Crippen LogP contribution in [0.15, 0.2) is 36.5 Å². The summed E-state index contributed by atoms with van der Waals surface area (Å²) in [6.45, 7) is 3.72. The minimum atomic E-state index is -0.463. The standard InChI is InChI=1S/C17H18ClN3O3/c1-10(2)20-16(22)11-6-7-19-14(8-11)17(23)21-13-9-12(18)4-5-15(13)24-3/h4-10H,1-3H3,(H,20,22)(H,21,23). The number of benzene rings is 1. The number of hydrogen-bond donors (Lipinski definition) is 2. The van der Waals surface area contributed by atoms with E-state index < -0.39 is 5.91 Å². The summed E-state index contributed by atoms with van der Waals surface area (Å²) in [6, 6.07) is 7.87. The molecule has 0 saturated carbocycles. The summed E-state index contributed by atoms with van der Waals surface area (Å²) in [6.07, 6.45) is 1.42. The largest absolute Gasteiger partial charge is 0.495 e. The number of hydrogen-bond acceptors (Lipinski definition) is 4. The van der Waals surface area contributed by atoms with Crippen molar-refractivity contribution in [1.82, 2.24) is 10.3 Å². The highest BCUT2D eigenvalue weighted by atomic mass is 35.5. The molecule has 0 atom stereocenters. The van der Waals surface area contributed by atoms with E-state index >= 15 is 0 Å². The number of methoxy groups -OCH3 is 1. The van der Waals surface area contributed by atoms with E-state index in [1.54, 1.807) is 24.3 Å². The Morgan fingerprint density at radius 3 is 2.58 bits per heavy atom. The van der Waals surface area contributed by atoms with Gasteiger partial charge in [-0.2, -0.15) is 0 Å². The summed E-state index contributed by atoms with van der Waals surface area (Å²) in [5.41, 5.74) is 0.907. The first-order valence-corrected chi connectivity index (χ1v) is 7.70. The maximum atomic E-state index is 12.4. The minimum absolute atomic E-state index is 0.00124. The first kappa shape index (κ1) is 17.7. The van der Waals surface area contributed by atoms with E-state index in [1.165, 1.54) is 19.4 Å². The van der Waals surface area contributed by atoms with Crippen LogP contribution >= 0.6 is 11.6 Å². The van der Waals surface area contributed by atoms with Crippen LogP contribution in [-0.2, 0) is 0 Å². The zero-order valence-electron chi connectivity index (χ0n) is 13.6. The Morgan fingerprint density at radius 2 is 1.92 bits per heavy atom. The summed E-state index contributed by atoms with van der Waals surface area (Å²) in [4.78, 5) is 28.4. The molecule has 1 aromatic carbocycles. The lowest BCUT2D eigenvalue weighted by Gasteiger charge is -2.11. The summed E-state index contributed by atoms with van der Waals surface area (Å²) in [7, 11) is 1.49. The molecular formula is C17H18ClN3O3. The smallest absolute Gasteiger partial charge is 0.274 e. The number of nitrogens with one attached hydrogen (secondary N) is 2. The highest BCUT2D eigenvalue weighted by Gasteiger charge is 2.14. The molecule has 0 aliphatic carbocycles. The molecule has 0 saturated heterocycles. The molecule has 0 bridgehead atoms. The summed E-state index contributed by atoms with van der Waals surface area (Å²) >= 11 is 5.94. The van der Waals surface area contributed by atoms with E-state index in [0.717, 1.165) is 0 Å². The van der Waals surface area contributed by atoms with E-state index in [1.807, 2.05) is 13.8 Å². The second-order valence-electron chi connectivity index (χ2n) is 5.36. The Labute approximate surface area is 145 Å². The number of halogens is 1. The van der Waals surface area contributed by atoms with Gasteiger partial charge in [0.25, 0.3) is 11.8 Å². The van der Waals surface area contributed by atoms with Gasteiger partial charge in [0.15, 0.2) is 0 Å². The Bertz CT molecular complexity index is 762. The van der Waals surface area contributed by atoms with Crippen LogP contribution in [-0.4, -0.2) is 29.9 Å². The zero-order chi connectivity index (χ0) is 17.7. The van der Waals surface area contributed by atoms with Gasteiger partial charge < -0.3 is 15.4 Å². The fourth-order valence-corrected chi connectivity index (χ4v) is 2.18. The molecule has 7 heteroatoms. The number of anilines is 1. The van der Waals surface area contributed by atoms with Crippen molar-refractivity contribution in [3.63, 3.8) is 0 Å². The topological polar surface area (TPSA) is 80.3 Å². The van der Waals surface area contributed by atoms with Crippen LogP contribution in [0.2, 0.25) is 5.02 Å². The summed E-state index contributed by atoms with van der Waals surface area (Å²) in [5.74, 6) is -0.252. The highest BCUT2D eigenvalue weighted by Crippen LogP contribution is 2.28. The second kappa shape index (κ2) is 7.79. The van der Waals surface area contributed by atoms with Crippen LogP contribution in [0.3, 0.4) is 0 Å². The van der Waals surface area contributed by atoms with Crippen molar-refractivity contribution in [2.75, 3.05) is 12.4 Å². The molecular weight excluding hydrogens is 330 g/mol. The third-order valence-corrected chi connectivity index (χ3v) is 3.32. The van der Waals surface area contributed by atoms with Crippen molar-refractivity contribution in [1.29, 1.82) is 0 Å². The van der Waals surface area contributed by atoms with Crippen LogP contribution < -0.4 is 15.4 Å². The van der Waals surface area contributed by atoms with Crippen LogP contribution in [0, 0.1) is 0 Å². The van der Waals surface area contributed by atoms with Gasteiger partial charge in [0.2, 0.25) is 0 Å². The van der Waals surface area contributed by atoms with E-state index in [0.29, 0.717) is 22.0 Å². The fourth-order valence-electron chi connectivity index (χ4n) is 2.01. The van der Waals surface area contributed by atoms with Crippen LogP contribution in [0.4, 0.5) is 5.69 Å². The molecule has 0 fully saturated rings. The summed E-state index contributed by atoms with van der Waals surface area (Å²) in [5, 5.41) is 5.91. The molecule has 6 nitrogen and oxygen atoms in total. The van der Waals surface area contributed by atoms with Crippen molar-refractivity contribution in [3.8, 4) is 5.75 Å². The maximum absolute atomic E-state index is 12.4. The number of nitrogens with zero attached hydrogens (tertiary/aromatic N) is 1. The van der Waals surface area contributed by atoms with Gasteiger partial charge in [-0.3, -0.25) is 14.6 Å². The quantitative estimate of drug-likeness (QED) is 0.870. The fraction of sp³-hybridized carbons (Fsp3) is 0.235. The molecule has 2 rings (SSSR count). The van der Waals surface area contributed by atoms with Gasteiger partial charge in [0, 0.05) is 22.8 Å². The van der Waals surface area contributed by atoms with E-state index in [-0.39, 0.29) is 17.6 Å². The van der Waals surface area contributed by atoms with Crippen molar-refractivity contribution in [2.45, 2.75) is 19.9 Å². The number of pyridine rings is 1. The molecule has 126 valence electrons. The molecule has 0 unspecified atom stereocenters. The zero-order valence-corrected chi connectivity index (χ0v) is 14.3. The van der Waals surface area contributed by atoms with Gasteiger partial charge >= 0.3 is 0 Å². The monoisotopic (exact) mass is 347 g/mol. The van der Waals surface area contributed by atoms with Gasteiger partial charge in [0.1, 0.15) is 11.4 Å². The molecule has 0 radical (unpaired) electrons. The number of carbonyl (C=O) groups is 2. The van der Waals surface area contributed by atoms with Gasteiger partial charge in [-0.25, -0.2) is 0 Å². The molecule has 0 aliphatic rings. The Balaban J connectivity index is 2.22. The number of rotatable bonds is 5. The minimum Gasteiger partial charge on any atom is -0.495 e. The first-order valence-electron chi connectivity index (χ1n) is 7.32. The third-order valence-electron chi connectivity index (χ3n) is 3.08. The van der Waals surface area contributed by atoms with Crippen molar-refractivity contribution in [3.05, 3.63) is 52.8 Å². The predicted molar refractivity (Wildman–Crippen MR) is 92.8 cm³/mol. The van der Waals surface area contributed by atoms with Gasteiger partial charge in [-0.05, 0) is 44.2 Å². The maximum Gasteiger partial charge on any atom is 0.274 e. The first-order chi connectivity index (χ1) is 11.4. The SMILES string of the molecule is COc1ccc(Cl)cc1NC(=O)c1cc(C(=O)NC(C)C)ccn1. The lowest BCUT2D eigenvalue weighted by Crippen LogP contribution is -2.30. The molecule has 2 N–H and O–H groups in total. The molecule has 2 aromatic rings. The lowest BCUT2D eigenvalue weighted by atomic mass is 10.2. The van der Waals surface area contributed by atoms with Gasteiger partial charge in [0.05, 0.1) is 12.8 Å². The van der Waals surface area contributed by atoms with Crippen molar-refractivity contribution < 1.29 is 14.3 Å². The third kappa shape index (κ3) is 4.45. The highest BCUT2D eigenvalue weighted by molar-refractivity contribution is 6.31. The predicted octanol–water partition coefficient (Wildman–Crippen LogP) is 3.13. The van der Waals surface area contributed by atoms with E-state index in [2.05, 4.69) is 15.6 Å². The molecule has 24 heavy (non-hydrogen) atoms. The van der Waals surface area contributed by atoms with Crippen LogP contribution in [0.5, 0.6) is 5.75 Å². The van der Waals surface area contributed by atoms with Gasteiger partial charge in [-0.15, -0.1) is 0 Å². The normalized spacial score (nSPS) is 10.4. The molecule has 2 amide bonds. The Hall–Kier alpha value is -2.60. The molecule has 1 aromatic heterocycles. The Kier molecular flexibility index (Phi) is 5.76. The number of ether oxygens (including phenoxy) is 1. The second-order valence-corrected chi connectivity index (χ2v) is 5.79.